The molecular formula is C12H13N3O3. The summed E-state index contributed by atoms with van der Waals surface area (Å²) in [5, 5.41) is 0. The predicted octanol–water partition coefficient (Wildman–Crippen LogP) is 0.698. The summed E-state index contributed by atoms with van der Waals surface area (Å²) < 4.78 is 6.48. The molecule has 0 aliphatic heterocycles. The van der Waals surface area contributed by atoms with E-state index in [-0.39, 0.29) is 12.0 Å². The van der Waals surface area contributed by atoms with Crippen molar-refractivity contribution in [3.05, 3.63) is 28.2 Å². The number of aromatic nitrogens is 3. The van der Waals surface area contributed by atoms with Gasteiger partial charge in [-0.3, -0.25) is 9.36 Å². The number of pyridine rings is 1. The Balaban J connectivity index is 2.71. The first-order valence-corrected chi connectivity index (χ1v) is 5.53. The Kier molecular flexibility index (Phi) is 3.36. The molecule has 0 atom stereocenters. The van der Waals surface area contributed by atoms with Crippen molar-refractivity contribution in [3.63, 3.8) is 0 Å². The molecule has 0 saturated heterocycles. The van der Waals surface area contributed by atoms with E-state index in [1.165, 1.54) is 11.7 Å². The number of rotatable bonds is 4. The Morgan fingerprint density at radius 2 is 2.17 bits per heavy atom. The Morgan fingerprint density at radius 1 is 1.39 bits per heavy atom. The first-order chi connectivity index (χ1) is 8.67. The predicted molar refractivity (Wildman–Crippen MR) is 65.8 cm³/mol. The Labute approximate surface area is 103 Å². The molecule has 2 heterocycles. The third-order valence-electron chi connectivity index (χ3n) is 2.61. The third kappa shape index (κ3) is 2.09. The maximum absolute atomic E-state index is 12.0. The van der Waals surface area contributed by atoms with E-state index in [1.807, 2.05) is 0 Å². The number of hydrogen-bond acceptors (Lipinski definition) is 5. The van der Waals surface area contributed by atoms with Crippen LogP contribution in [0.2, 0.25) is 0 Å². The average molecular weight is 247 g/mol. The smallest absolute Gasteiger partial charge is 0.273 e. The van der Waals surface area contributed by atoms with Crippen LogP contribution in [-0.4, -0.2) is 27.9 Å². The second kappa shape index (κ2) is 4.95. The van der Waals surface area contributed by atoms with Crippen LogP contribution in [0.5, 0.6) is 5.88 Å². The second-order valence-corrected chi connectivity index (χ2v) is 3.81. The highest BCUT2D eigenvalue weighted by Crippen LogP contribution is 2.13. The van der Waals surface area contributed by atoms with Crippen LogP contribution in [-0.2, 0) is 11.3 Å². The van der Waals surface area contributed by atoms with E-state index in [4.69, 9.17) is 4.74 Å². The molecule has 0 unspecified atom stereocenters. The van der Waals surface area contributed by atoms with Crippen LogP contribution in [0.1, 0.15) is 12.1 Å². The van der Waals surface area contributed by atoms with Crippen molar-refractivity contribution in [1.82, 2.24) is 14.5 Å². The van der Waals surface area contributed by atoms with E-state index in [9.17, 15) is 9.59 Å². The molecular weight excluding hydrogens is 234 g/mol. The molecule has 0 fully saturated rings. The van der Waals surface area contributed by atoms with Gasteiger partial charge in [0.05, 0.1) is 7.11 Å². The fourth-order valence-corrected chi connectivity index (χ4v) is 1.73. The fraction of sp³-hybridized carbons (Fsp3) is 0.333. The van der Waals surface area contributed by atoms with Crippen LogP contribution in [0.15, 0.2) is 16.9 Å². The number of hydrogen-bond donors (Lipinski definition) is 0. The van der Waals surface area contributed by atoms with E-state index in [1.54, 1.807) is 19.1 Å². The summed E-state index contributed by atoms with van der Waals surface area (Å²) in [4.78, 5) is 30.8. The lowest BCUT2D eigenvalue weighted by molar-refractivity contribution is -0.108. The summed E-state index contributed by atoms with van der Waals surface area (Å²) in [7, 11) is 1.50. The first kappa shape index (κ1) is 12.2. The Bertz CT molecular complexity index is 649. The molecule has 0 N–H and O–H groups in total. The van der Waals surface area contributed by atoms with Gasteiger partial charge in [-0.2, -0.15) is 4.98 Å². The van der Waals surface area contributed by atoms with Crippen molar-refractivity contribution in [1.29, 1.82) is 0 Å². The summed E-state index contributed by atoms with van der Waals surface area (Å²) in [6.07, 6.45) is 1.03. The molecule has 2 aromatic rings. The second-order valence-electron chi connectivity index (χ2n) is 3.81. The van der Waals surface area contributed by atoms with Crippen molar-refractivity contribution in [2.75, 3.05) is 7.11 Å². The van der Waals surface area contributed by atoms with Gasteiger partial charge in [-0.1, -0.05) is 0 Å². The summed E-state index contributed by atoms with van der Waals surface area (Å²) in [6.45, 7) is 1.94. The van der Waals surface area contributed by atoms with Gasteiger partial charge >= 0.3 is 0 Å². The van der Waals surface area contributed by atoms with Gasteiger partial charge in [-0.25, -0.2) is 4.98 Å². The molecule has 0 radical (unpaired) electrons. The largest absolute Gasteiger partial charge is 0.481 e. The molecule has 6 nitrogen and oxygen atoms in total. The minimum Gasteiger partial charge on any atom is -0.481 e. The summed E-state index contributed by atoms with van der Waals surface area (Å²) in [5.74, 6) is 0.410. The number of nitrogens with zero attached hydrogens (tertiary/aromatic N) is 3. The van der Waals surface area contributed by atoms with E-state index in [0.29, 0.717) is 29.3 Å². The van der Waals surface area contributed by atoms with E-state index < -0.39 is 0 Å². The highest BCUT2D eigenvalue weighted by Gasteiger charge is 2.10. The summed E-state index contributed by atoms with van der Waals surface area (Å²) in [6, 6.07) is 3.42. The minimum absolute atomic E-state index is 0.231. The number of methoxy groups -OCH3 is 1. The lowest BCUT2D eigenvalue weighted by Gasteiger charge is -2.09. The van der Waals surface area contributed by atoms with Gasteiger partial charge in [-0.15, -0.1) is 0 Å². The maximum Gasteiger partial charge on any atom is 0.273 e. The summed E-state index contributed by atoms with van der Waals surface area (Å²) in [5.41, 5.74) is 1.20. The zero-order valence-corrected chi connectivity index (χ0v) is 10.2. The van der Waals surface area contributed by atoms with Gasteiger partial charge in [-0.05, 0) is 13.0 Å². The normalized spacial score (nSPS) is 10.6. The Morgan fingerprint density at radius 3 is 2.83 bits per heavy atom. The molecule has 18 heavy (non-hydrogen) atoms. The minimum atomic E-state index is -0.231. The molecule has 0 bridgehead atoms. The van der Waals surface area contributed by atoms with E-state index in [0.717, 1.165) is 6.29 Å². The molecule has 0 aliphatic carbocycles. The van der Waals surface area contributed by atoms with E-state index in [2.05, 4.69) is 9.97 Å². The van der Waals surface area contributed by atoms with Gasteiger partial charge < -0.3 is 9.53 Å². The van der Waals surface area contributed by atoms with Crippen molar-refractivity contribution in [2.45, 2.75) is 19.9 Å². The van der Waals surface area contributed by atoms with Crippen LogP contribution in [0, 0.1) is 6.92 Å². The maximum atomic E-state index is 12.0. The van der Waals surface area contributed by atoms with Crippen molar-refractivity contribution >= 4 is 17.5 Å². The van der Waals surface area contributed by atoms with E-state index >= 15 is 0 Å². The third-order valence-corrected chi connectivity index (χ3v) is 2.61. The molecule has 0 saturated carbocycles. The Hall–Kier alpha value is -2.24. The lowest BCUT2D eigenvalue weighted by Crippen LogP contribution is -2.25. The molecule has 6 heteroatoms. The van der Waals surface area contributed by atoms with Crippen LogP contribution in [0.3, 0.4) is 0 Å². The van der Waals surface area contributed by atoms with Crippen LogP contribution < -0.4 is 10.3 Å². The van der Waals surface area contributed by atoms with Crippen LogP contribution in [0.4, 0.5) is 0 Å². The number of aldehydes is 1. The zero-order chi connectivity index (χ0) is 13.1. The molecule has 0 spiro atoms. The van der Waals surface area contributed by atoms with Gasteiger partial charge in [0.1, 0.15) is 17.5 Å². The quantitative estimate of drug-likeness (QED) is 0.743. The number of carbonyl (C=O) groups excluding carboxylic acids is 1. The molecule has 0 aromatic carbocycles. The van der Waals surface area contributed by atoms with Crippen molar-refractivity contribution < 1.29 is 9.53 Å². The van der Waals surface area contributed by atoms with Crippen LogP contribution >= 0.6 is 0 Å². The van der Waals surface area contributed by atoms with Crippen molar-refractivity contribution in [2.24, 2.45) is 0 Å². The number of carbonyl (C=O) groups is 1. The van der Waals surface area contributed by atoms with Gasteiger partial charge in [0.15, 0.2) is 5.65 Å². The fourth-order valence-electron chi connectivity index (χ4n) is 1.73. The van der Waals surface area contributed by atoms with Gasteiger partial charge in [0, 0.05) is 19.0 Å². The highest BCUT2D eigenvalue weighted by atomic mass is 16.5. The van der Waals surface area contributed by atoms with Gasteiger partial charge in [0.2, 0.25) is 5.88 Å². The number of ether oxygens (including phenoxy) is 1. The molecule has 2 rings (SSSR count). The molecule has 94 valence electrons. The SMILES string of the molecule is COc1ccc2nc(C)c(=O)n(CCC=O)c2n1. The molecule has 2 aromatic heterocycles. The molecule has 0 amide bonds. The summed E-state index contributed by atoms with van der Waals surface area (Å²) >= 11 is 0. The lowest BCUT2D eigenvalue weighted by atomic mass is 10.3. The average Bonchev–Trinajstić information content (AvgIpc) is 2.39. The van der Waals surface area contributed by atoms with Gasteiger partial charge in [0.25, 0.3) is 5.56 Å². The van der Waals surface area contributed by atoms with Crippen molar-refractivity contribution in [3.8, 4) is 5.88 Å². The topological polar surface area (TPSA) is 74.1 Å². The highest BCUT2D eigenvalue weighted by molar-refractivity contribution is 5.71. The molecule has 0 aliphatic rings. The van der Waals surface area contributed by atoms with Crippen LogP contribution in [0.25, 0.3) is 11.2 Å². The standard InChI is InChI=1S/C12H13N3O3/c1-8-12(17)15(6-3-7-16)11-9(13-8)4-5-10(14-11)18-2/h4-5,7H,3,6H2,1-2H3. The first-order valence-electron chi connectivity index (χ1n) is 5.53. The number of fused-ring (bicyclic) bond motifs is 1. The zero-order valence-electron chi connectivity index (χ0n) is 10.2. The number of aryl methyl sites for hydroxylation is 2. The monoisotopic (exact) mass is 247 g/mol.